The van der Waals surface area contributed by atoms with E-state index in [-0.39, 0.29) is 5.43 Å². The molecular weight excluding hydrogens is 132 g/mol. The Morgan fingerprint density at radius 3 is 3.50 bits per heavy atom. The van der Waals surface area contributed by atoms with Crippen molar-refractivity contribution in [3.8, 4) is 0 Å². The first-order valence-electron chi connectivity index (χ1n) is 2.96. The highest BCUT2D eigenvalue weighted by Gasteiger charge is 2.06. The van der Waals surface area contributed by atoms with E-state index in [0.29, 0.717) is 6.61 Å². The summed E-state index contributed by atoms with van der Waals surface area (Å²) >= 11 is 0. The van der Waals surface area contributed by atoms with Gasteiger partial charge in [0.25, 0.3) is 0 Å². The number of aromatic nitrogens is 1. The normalized spacial score (nSPS) is 14.4. The first kappa shape index (κ1) is 5.49. The Morgan fingerprint density at radius 2 is 2.60 bits per heavy atom. The summed E-state index contributed by atoms with van der Waals surface area (Å²) in [5.74, 6) is 0. The first-order chi connectivity index (χ1) is 4.86. The molecule has 0 fully saturated rings. The predicted octanol–water partition coefficient (Wildman–Crippen LogP) is -0.163. The molecule has 1 aromatic heterocycles. The van der Waals surface area contributed by atoms with Crippen molar-refractivity contribution in [1.29, 1.82) is 0 Å². The molecule has 2 rings (SSSR count). The molecule has 0 aliphatic carbocycles. The highest BCUT2D eigenvalue weighted by molar-refractivity contribution is 5.08. The van der Waals surface area contributed by atoms with Crippen LogP contribution in [0.5, 0.6) is 0 Å². The van der Waals surface area contributed by atoms with E-state index in [1.54, 1.807) is 16.9 Å². The molecule has 0 bridgehead atoms. The minimum Gasteiger partial charge on any atom is -0.290 e. The summed E-state index contributed by atoms with van der Waals surface area (Å²) in [6.45, 7) is 0.454. The van der Waals surface area contributed by atoms with Gasteiger partial charge >= 0.3 is 0 Å². The minimum atomic E-state index is 0.0125. The van der Waals surface area contributed by atoms with Crippen molar-refractivity contribution in [2.24, 2.45) is 0 Å². The lowest BCUT2D eigenvalue weighted by Crippen LogP contribution is -2.10. The average molecular weight is 138 g/mol. The number of fused-ring (bicyclic) bond motifs is 1. The maximum absolute atomic E-state index is 10.7. The molecule has 1 N–H and O–H groups in total. The summed E-state index contributed by atoms with van der Waals surface area (Å²) in [7, 11) is 0. The highest BCUT2D eigenvalue weighted by atomic mass is 16.7. The van der Waals surface area contributed by atoms with Crippen molar-refractivity contribution in [3.05, 3.63) is 34.2 Å². The quantitative estimate of drug-likeness (QED) is 0.541. The van der Waals surface area contributed by atoms with Crippen molar-refractivity contribution >= 4 is 0 Å². The fraction of sp³-hybridized carbons (Fsp3) is 0.167. The second-order valence-electron chi connectivity index (χ2n) is 2.10. The van der Waals surface area contributed by atoms with Gasteiger partial charge in [0.1, 0.15) is 6.61 Å². The molecule has 0 atom stereocenters. The number of nitrogens with zero attached hydrogens (tertiary/aromatic N) is 1. The molecule has 1 aliphatic rings. The number of rotatable bonds is 0. The lowest BCUT2D eigenvalue weighted by Gasteiger charge is -1.97. The van der Waals surface area contributed by atoms with Gasteiger partial charge in [0.05, 0.1) is 5.69 Å². The van der Waals surface area contributed by atoms with Crippen LogP contribution < -0.4 is 11.0 Å². The minimum absolute atomic E-state index is 0.0125. The molecule has 0 saturated heterocycles. The summed E-state index contributed by atoms with van der Waals surface area (Å²) in [6, 6.07) is 3.02. The second kappa shape index (κ2) is 1.85. The van der Waals surface area contributed by atoms with Crippen LogP contribution in [0.15, 0.2) is 23.1 Å². The molecule has 1 aromatic rings. The van der Waals surface area contributed by atoms with E-state index < -0.39 is 0 Å². The smallest absolute Gasteiger partial charge is 0.182 e. The van der Waals surface area contributed by atoms with Gasteiger partial charge in [0.2, 0.25) is 0 Å². The predicted molar refractivity (Wildman–Crippen MR) is 34.9 cm³/mol. The van der Waals surface area contributed by atoms with Crippen LogP contribution >= 0.6 is 0 Å². The van der Waals surface area contributed by atoms with Crippen molar-refractivity contribution in [3.63, 3.8) is 0 Å². The summed E-state index contributed by atoms with van der Waals surface area (Å²) < 4.78 is 1.67. The van der Waals surface area contributed by atoms with Gasteiger partial charge in [-0.15, -0.1) is 0 Å². The molecule has 4 nitrogen and oxygen atoms in total. The standard InChI is InChI=1S/C6H6N2O2/c9-6-1-2-8-5(3-6)4-10-7-8/h1-3,7H,4H2. The maximum Gasteiger partial charge on any atom is 0.182 e. The van der Waals surface area contributed by atoms with Crippen LogP contribution in [0.1, 0.15) is 5.69 Å². The van der Waals surface area contributed by atoms with E-state index in [4.69, 9.17) is 4.84 Å². The van der Waals surface area contributed by atoms with Gasteiger partial charge in [0, 0.05) is 18.3 Å². The van der Waals surface area contributed by atoms with Crippen molar-refractivity contribution in [2.45, 2.75) is 6.61 Å². The van der Waals surface area contributed by atoms with E-state index in [1.165, 1.54) is 6.07 Å². The number of hydrogen-bond donors (Lipinski definition) is 1. The fourth-order valence-corrected chi connectivity index (χ4v) is 0.902. The summed E-state index contributed by atoms with van der Waals surface area (Å²) in [5, 5.41) is 0. The zero-order valence-electron chi connectivity index (χ0n) is 5.20. The van der Waals surface area contributed by atoms with Crippen LogP contribution in [0.3, 0.4) is 0 Å². The Morgan fingerprint density at radius 1 is 1.70 bits per heavy atom. The topological polar surface area (TPSA) is 43.3 Å². The van der Waals surface area contributed by atoms with E-state index >= 15 is 0 Å². The molecule has 52 valence electrons. The van der Waals surface area contributed by atoms with Crippen molar-refractivity contribution in [2.75, 3.05) is 5.59 Å². The monoisotopic (exact) mass is 138 g/mol. The molecule has 0 radical (unpaired) electrons. The number of pyridine rings is 1. The van der Waals surface area contributed by atoms with Crippen LogP contribution in [0.4, 0.5) is 0 Å². The molecular formula is C6H6N2O2. The molecule has 0 spiro atoms. The number of hydrogen-bond acceptors (Lipinski definition) is 3. The Labute approximate surface area is 57.0 Å². The van der Waals surface area contributed by atoms with E-state index in [2.05, 4.69) is 5.59 Å². The van der Waals surface area contributed by atoms with Gasteiger partial charge in [-0.05, 0) is 0 Å². The van der Waals surface area contributed by atoms with Crippen LogP contribution in [0, 0.1) is 0 Å². The molecule has 2 heterocycles. The first-order valence-corrected chi connectivity index (χ1v) is 2.96. The van der Waals surface area contributed by atoms with E-state index in [1.807, 2.05) is 0 Å². The Balaban J connectivity index is 2.63. The van der Waals surface area contributed by atoms with E-state index in [0.717, 1.165) is 5.69 Å². The van der Waals surface area contributed by atoms with Gasteiger partial charge in [0.15, 0.2) is 5.43 Å². The number of nitrogens with one attached hydrogen (secondary N) is 1. The van der Waals surface area contributed by atoms with Gasteiger partial charge in [-0.3, -0.25) is 9.63 Å². The molecule has 0 amide bonds. The second-order valence-corrected chi connectivity index (χ2v) is 2.10. The van der Waals surface area contributed by atoms with Crippen LogP contribution in [0.25, 0.3) is 0 Å². The lowest BCUT2D eigenvalue weighted by molar-refractivity contribution is 0.184. The zero-order chi connectivity index (χ0) is 6.97. The SMILES string of the molecule is O=c1ccn2c(c1)CON2. The van der Waals surface area contributed by atoms with Crippen LogP contribution in [-0.4, -0.2) is 4.68 Å². The zero-order valence-corrected chi connectivity index (χ0v) is 5.20. The molecule has 10 heavy (non-hydrogen) atoms. The third kappa shape index (κ3) is 0.698. The Hall–Kier alpha value is -1.29. The Kier molecular flexibility index (Phi) is 1.01. The third-order valence-electron chi connectivity index (χ3n) is 1.39. The molecule has 0 aromatic carbocycles. The summed E-state index contributed by atoms with van der Waals surface area (Å²) in [4.78, 5) is 15.6. The van der Waals surface area contributed by atoms with Gasteiger partial charge in [-0.2, -0.15) is 0 Å². The van der Waals surface area contributed by atoms with Gasteiger partial charge in [-0.1, -0.05) is 0 Å². The van der Waals surface area contributed by atoms with Crippen molar-refractivity contribution < 1.29 is 4.84 Å². The maximum atomic E-state index is 10.7. The van der Waals surface area contributed by atoms with Gasteiger partial charge in [-0.25, -0.2) is 10.3 Å². The average Bonchev–Trinajstić information content (AvgIpc) is 2.33. The van der Waals surface area contributed by atoms with Crippen molar-refractivity contribution in [1.82, 2.24) is 4.68 Å². The fourth-order valence-electron chi connectivity index (χ4n) is 0.902. The highest BCUT2D eigenvalue weighted by Crippen LogP contribution is 2.02. The summed E-state index contributed by atoms with van der Waals surface area (Å²) in [5.41, 5.74) is 3.47. The van der Waals surface area contributed by atoms with Gasteiger partial charge < -0.3 is 0 Å². The lowest BCUT2D eigenvalue weighted by atomic mass is 10.4. The van der Waals surface area contributed by atoms with Crippen LogP contribution in [0.2, 0.25) is 0 Å². The third-order valence-corrected chi connectivity index (χ3v) is 1.39. The molecule has 4 heteroatoms. The summed E-state index contributed by atoms with van der Waals surface area (Å²) in [6.07, 6.45) is 1.64. The molecule has 1 aliphatic heterocycles. The van der Waals surface area contributed by atoms with Crippen LogP contribution in [-0.2, 0) is 11.4 Å². The Bertz CT molecular complexity index is 305. The molecule has 0 unspecified atom stereocenters. The molecule has 0 saturated carbocycles. The van der Waals surface area contributed by atoms with E-state index in [9.17, 15) is 4.79 Å². The largest absolute Gasteiger partial charge is 0.290 e.